The fourth-order valence-corrected chi connectivity index (χ4v) is 4.35. The lowest BCUT2D eigenvalue weighted by molar-refractivity contribution is -0.335. The van der Waals surface area contributed by atoms with Crippen LogP contribution < -0.4 is 16.0 Å². The first kappa shape index (κ1) is 32.9. The Morgan fingerprint density at radius 2 is 1.36 bits per heavy atom. The van der Waals surface area contributed by atoms with E-state index in [1.54, 1.807) is 0 Å². The maximum Gasteiger partial charge on any atom is 0.217 e. The van der Waals surface area contributed by atoms with Crippen molar-refractivity contribution >= 4 is 24.0 Å². The van der Waals surface area contributed by atoms with Gasteiger partial charge in [-0.15, -0.1) is 0 Å². The number of ether oxygens (including phenoxy) is 4. The SMILES string of the molecule is CC(=O)N[C@H]1[C@H](O[C@@H](C=O)[C@H](CO)NC(C)=O)O[C@H](CO)[C@@H](O[C@@H]2O[C@H](CO)[C@H](O)[C@H](O)[C@H]2NC(C)=O)[C@@H]1O. The van der Waals surface area contributed by atoms with E-state index in [0.29, 0.717) is 0 Å². The lowest BCUT2D eigenvalue weighted by Gasteiger charge is -2.48. The minimum atomic E-state index is -1.73. The zero-order valence-electron chi connectivity index (χ0n) is 21.6. The molecule has 9 N–H and O–H groups in total. The van der Waals surface area contributed by atoms with Gasteiger partial charge in [-0.25, -0.2) is 0 Å². The number of rotatable bonds is 12. The number of aliphatic hydroxyl groups is 6. The van der Waals surface area contributed by atoms with E-state index in [1.165, 1.54) is 0 Å². The summed E-state index contributed by atoms with van der Waals surface area (Å²) in [5, 5.41) is 68.1. The van der Waals surface area contributed by atoms with Crippen LogP contribution in [0.25, 0.3) is 0 Å². The molecule has 17 heteroatoms. The number of aliphatic hydroxyl groups excluding tert-OH is 6. The summed E-state index contributed by atoms with van der Waals surface area (Å²) in [4.78, 5) is 46.8. The zero-order valence-corrected chi connectivity index (χ0v) is 21.6. The van der Waals surface area contributed by atoms with Crippen molar-refractivity contribution in [3.63, 3.8) is 0 Å². The van der Waals surface area contributed by atoms with Crippen molar-refractivity contribution in [2.45, 2.75) is 94.2 Å². The first-order valence-electron chi connectivity index (χ1n) is 12.1. The van der Waals surface area contributed by atoms with Gasteiger partial charge in [-0.1, -0.05) is 0 Å². The number of hydrogen-bond donors (Lipinski definition) is 9. The van der Waals surface area contributed by atoms with Gasteiger partial charge < -0.3 is 70.3 Å². The van der Waals surface area contributed by atoms with Gasteiger partial charge in [0.05, 0.1) is 25.9 Å². The molecule has 2 rings (SSSR count). The molecule has 0 aromatic carbocycles. The highest BCUT2D eigenvalue weighted by Gasteiger charge is 2.52. The summed E-state index contributed by atoms with van der Waals surface area (Å²) in [5.74, 6) is -1.87. The molecule has 2 aliphatic rings. The van der Waals surface area contributed by atoms with Crippen molar-refractivity contribution in [1.29, 1.82) is 0 Å². The van der Waals surface area contributed by atoms with Crippen molar-refractivity contribution in [2.24, 2.45) is 0 Å². The molecule has 12 atom stereocenters. The van der Waals surface area contributed by atoms with E-state index in [1.807, 2.05) is 0 Å². The zero-order chi connectivity index (χ0) is 29.4. The number of carbonyl (C=O) groups is 4. The monoisotopic (exact) mass is 567 g/mol. The Morgan fingerprint density at radius 1 is 0.821 bits per heavy atom. The number of hydrogen-bond acceptors (Lipinski definition) is 14. The Kier molecular flexibility index (Phi) is 12.6. The van der Waals surface area contributed by atoms with Crippen LogP contribution in [0.1, 0.15) is 20.8 Å². The molecule has 2 aliphatic heterocycles. The molecule has 0 aromatic rings. The normalized spacial score (nSPS) is 36.3. The fraction of sp³-hybridized carbons (Fsp3) is 0.818. The lowest BCUT2D eigenvalue weighted by atomic mass is 9.94. The highest BCUT2D eigenvalue weighted by atomic mass is 16.7. The molecule has 2 fully saturated rings. The quantitative estimate of drug-likeness (QED) is 0.0994. The topological polar surface area (TPSA) is 263 Å². The molecule has 2 heterocycles. The summed E-state index contributed by atoms with van der Waals surface area (Å²) in [7, 11) is 0. The highest BCUT2D eigenvalue weighted by Crippen LogP contribution is 2.30. The maximum atomic E-state index is 11.9. The number of amides is 3. The summed E-state index contributed by atoms with van der Waals surface area (Å²) in [6, 6.07) is -4.04. The van der Waals surface area contributed by atoms with Crippen molar-refractivity contribution in [1.82, 2.24) is 16.0 Å². The number of nitrogens with one attached hydrogen (secondary N) is 3. The molecular formula is C22H37N3O14. The first-order chi connectivity index (χ1) is 18.4. The second-order valence-corrected chi connectivity index (χ2v) is 9.20. The average Bonchev–Trinajstić information content (AvgIpc) is 2.87. The van der Waals surface area contributed by atoms with Crippen molar-refractivity contribution < 1.29 is 68.8 Å². The van der Waals surface area contributed by atoms with Crippen molar-refractivity contribution in [3.8, 4) is 0 Å². The largest absolute Gasteiger partial charge is 0.394 e. The number of aldehydes is 1. The van der Waals surface area contributed by atoms with E-state index in [0.717, 1.165) is 20.8 Å². The Hall–Kier alpha value is -2.32. The van der Waals surface area contributed by atoms with Crippen molar-refractivity contribution in [2.75, 3.05) is 19.8 Å². The molecule has 39 heavy (non-hydrogen) atoms. The van der Waals surface area contributed by atoms with Crippen LogP contribution in [-0.4, -0.2) is 148 Å². The summed E-state index contributed by atoms with van der Waals surface area (Å²) in [5.41, 5.74) is 0. The summed E-state index contributed by atoms with van der Waals surface area (Å²) >= 11 is 0. The molecule has 3 amide bonds. The molecule has 0 aliphatic carbocycles. The molecule has 0 spiro atoms. The summed E-state index contributed by atoms with van der Waals surface area (Å²) in [6.45, 7) is 1.14. The van der Waals surface area contributed by atoms with Crippen molar-refractivity contribution in [3.05, 3.63) is 0 Å². The molecule has 0 bridgehead atoms. The van der Waals surface area contributed by atoms with Crippen LogP contribution in [-0.2, 0) is 38.1 Å². The molecule has 0 unspecified atom stereocenters. The Labute approximate surface area is 223 Å². The number of carbonyl (C=O) groups excluding carboxylic acids is 4. The third-order valence-electron chi connectivity index (χ3n) is 6.17. The lowest BCUT2D eigenvalue weighted by Crippen LogP contribution is -2.69. The Bertz CT molecular complexity index is 849. The molecular weight excluding hydrogens is 530 g/mol. The Balaban J connectivity index is 2.35. The molecule has 224 valence electrons. The fourth-order valence-electron chi connectivity index (χ4n) is 4.35. The van der Waals surface area contributed by atoms with Gasteiger partial charge in [-0.3, -0.25) is 14.4 Å². The van der Waals surface area contributed by atoms with Crippen LogP contribution in [0, 0.1) is 0 Å². The smallest absolute Gasteiger partial charge is 0.217 e. The molecule has 0 radical (unpaired) electrons. The maximum absolute atomic E-state index is 11.9. The van der Waals surface area contributed by atoms with E-state index in [-0.39, 0.29) is 6.29 Å². The van der Waals surface area contributed by atoms with E-state index >= 15 is 0 Å². The predicted molar refractivity (Wildman–Crippen MR) is 125 cm³/mol. The van der Waals surface area contributed by atoms with Gasteiger partial charge in [0.1, 0.15) is 54.8 Å². The highest BCUT2D eigenvalue weighted by molar-refractivity contribution is 5.74. The third-order valence-corrected chi connectivity index (χ3v) is 6.17. The summed E-state index contributed by atoms with van der Waals surface area (Å²) in [6.07, 6.45) is -13.7. The van der Waals surface area contributed by atoms with Crippen LogP contribution in [0.5, 0.6) is 0 Å². The van der Waals surface area contributed by atoms with Gasteiger partial charge in [0.2, 0.25) is 17.7 Å². The molecule has 0 aromatic heterocycles. The van der Waals surface area contributed by atoms with Gasteiger partial charge in [0.25, 0.3) is 0 Å². The van der Waals surface area contributed by atoms with Crippen LogP contribution in [0.15, 0.2) is 0 Å². The second-order valence-electron chi connectivity index (χ2n) is 9.20. The Morgan fingerprint density at radius 3 is 1.82 bits per heavy atom. The summed E-state index contributed by atoms with van der Waals surface area (Å²) < 4.78 is 22.6. The van der Waals surface area contributed by atoms with Gasteiger partial charge in [0, 0.05) is 20.8 Å². The van der Waals surface area contributed by atoms with E-state index < -0.39 is 111 Å². The van der Waals surface area contributed by atoms with Crippen LogP contribution in [0.3, 0.4) is 0 Å². The van der Waals surface area contributed by atoms with E-state index in [2.05, 4.69) is 16.0 Å². The average molecular weight is 568 g/mol. The van der Waals surface area contributed by atoms with Crippen LogP contribution >= 0.6 is 0 Å². The van der Waals surface area contributed by atoms with Gasteiger partial charge in [-0.05, 0) is 0 Å². The minimum Gasteiger partial charge on any atom is -0.394 e. The van der Waals surface area contributed by atoms with E-state index in [9.17, 15) is 49.8 Å². The van der Waals surface area contributed by atoms with E-state index in [4.69, 9.17) is 18.9 Å². The van der Waals surface area contributed by atoms with Gasteiger partial charge in [-0.2, -0.15) is 0 Å². The molecule has 17 nitrogen and oxygen atoms in total. The van der Waals surface area contributed by atoms with Crippen LogP contribution in [0.4, 0.5) is 0 Å². The molecule has 2 saturated heterocycles. The third kappa shape index (κ3) is 8.34. The standard InChI is InChI=1S/C22H37N3O14/c1-8(30)23-11(4-26)12(5-27)36-21-16(25-10(3)32)19(35)20(14(7-29)38-21)39-22-15(24-9(2)31)18(34)17(33)13(6-28)37-22/h5,11-22,26,28-29,33-35H,4,6-7H2,1-3H3,(H,23,30)(H,24,31)(H,25,32)/t11-,12-,13+,14+,15+,16+,17-,18+,19+,20+,21+,22-/m0/s1. The van der Waals surface area contributed by atoms with Gasteiger partial charge in [0.15, 0.2) is 18.9 Å². The first-order valence-corrected chi connectivity index (χ1v) is 12.1. The minimum absolute atomic E-state index is 0.267. The second kappa shape index (κ2) is 14.9. The van der Waals surface area contributed by atoms with Crippen LogP contribution in [0.2, 0.25) is 0 Å². The molecule has 0 saturated carbocycles. The van der Waals surface area contributed by atoms with Gasteiger partial charge >= 0.3 is 0 Å². The predicted octanol–water partition coefficient (Wildman–Crippen LogP) is -6.02.